The first-order chi connectivity index (χ1) is 12.7. The van der Waals surface area contributed by atoms with E-state index in [-0.39, 0.29) is 5.78 Å². The highest BCUT2D eigenvalue weighted by molar-refractivity contribution is 6.13. The number of carbonyl (C=O) groups is 1. The zero-order valence-electron chi connectivity index (χ0n) is 14.9. The Bertz CT molecular complexity index is 837. The summed E-state index contributed by atoms with van der Waals surface area (Å²) in [5.41, 5.74) is 3.62. The number of nitrogens with zero attached hydrogens (tertiary/aromatic N) is 2. The van der Waals surface area contributed by atoms with Gasteiger partial charge in [0.2, 0.25) is 0 Å². The molecule has 5 nitrogen and oxygen atoms in total. The summed E-state index contributed by atoms with van der Waals surface area (Å²) in [6.07, 6.45) is 5.42. The van der Waals surface area contributed by atoms with Crippen LogP contribution in [-0.2, 0) is 11.2 Å². The lowest BCUT2D eigenvalue weighted by Gasteiger charge is -2.27. The number of ether oxygens (including phenoxy) is 2. The smallest absolute Gasteiger partial charge is 0.189 e. The summed E-state index contributed by atoms with van der Waals surface area (Å²) in [5.74, 6) is 1.76. The number of anilines is 1. The molecule has 4 rings (SSSR count). The first-order valence-corrected chi connectivity index (χ1v) is 8.95. The quantitative estimate of drug-likeness (QED) is 0.796. The van der Waals surface area contributed by atoms with E-state index in [9.17, 15) is 4.79 Å². The molecule has 0 spiro atoms. The lowest BCUT2D eigenvalue weighted by Crippen LogP contribution is -2.36. The van der Waals surface area contributed by atoms with Crippen molar-refractivity contribution < 1.29 is 14.3 Å². The van der Waals surface area contributed by atoms with Crippen molar-refractivity contribution in [3.63, 3.8) is 0 Å². The van der Waals surface area contributed by atoms with Crippen LogP contribution >= 0.6 is 0 Å². The maximum Gasteiger partial charge on any atom is 0.189 e. The number of carbonyl (C=O) groups excluding carboxylic acids is 1. The Morgan fingerprint density at radius 2 is 2.00 bits per heavy atom. The second kappa shape index (κ2) is 7.30. The number of rotatable bonds is 3. The molecule has 0 saturated carbocycles. The number of benzene rings is 1. The van der Waals surface area contributed by atoms with Gasteiger partial charge in [-0.1, -0.05) is 6.07 Å². The SMILES string of the molecule is COc1ccc2c(c1)C(=O)C(=Cc1ccc(N3CCOCC3)nc1)CC2. The van der Waals surface area contributed by atoms with Gasteiger partial charge in [0, 0.05) is 30.4 Å². The average molecular weight is 350 g/mol. The van der Waals surface area contributed by atoms with Crippen molar-refractivity contribution in [2.24, 2.45) is 0 Å². The molecule has 134 valence electrons. The summed E-state index contributed by atoms with van der Waals surface area (Å²) in [6.45, 7) is 3.21. The van der Waals surface area contributed by atoms with Crippen LogP contribution in [0.5, 0.6) is 5.75 Å². The molecule has 1 fully saturated rings. The summed E-state index contributed by atoms with van der Waals surface area (Å²) in [5, 5.41) is 0. The Morgan fingerprint density at radius 3 is 2.73 bits per heavy atom. The van der Waals surface area contributed by atoms with Crippen molar-refractivity contribution in [2.45, 2.75) is 12.8 Å². The van der Waals surface area contributed by atoms with Crippen molar-refractivity contribution >= 4 is 17.7 Å². The summed E-state index contributed by atoms with van der Waals surface area (Å²) in [7, 11) is 1.62. The number of aryl methyl sites for hydroxylation is 1. The van der Waals surface area contributed by atoms with E-state index in [2.05, 4.69) is 9.88 Å². The molecule has 1 aliphatic carbocycles. The predicted molar refractivity (Wildman–Crippen MR) is 101 cm³/mol. The molecule has 1 aliphatic heterocycles. The maximum atomic E-state index is 12.8. The molecule has 26 heavy (non-hydrogen) atoms. The second-order valence-electron chi connectivity index (χ2n) is 6.57. The monoisotopic (exact) mass is 350 g/mol. The van der Waals surface area contributed by atoms with Crippen LogP contribution in [0.3, 0.4) is 0 Å². The zero-order valence-corrected chi connectivity index (χ0v) is 14.9. The van der Waals surface area contributed by atoms with Crippen LogP contribution < -0.4 is 9.64 Å². The van der Waals surface area contributed by atoms with E-state index in [4.69, 9.17) is 9.47 Å². The Labute approximate surface area is 153 Å². The van der Waals surface area contributed by atoms with E-state index < -0.39 is 0 Å². The molecule has 0 amide bonds. The van der Waals surface area contributed by atoms with Crippen molar-refractivity contribution in [3.05, 3.63) is 58.8 Å². The molecule has 1 aromatic carbocycles. The minimum atomic E-state index is 0.0856. The minimum absolute atomic E-state index is 0.0856. The molecule has 0 atom stereocenters. The summed E-state index contributed by atoms with van der Waals surface area (Å²) < 4.78 is 10.6. The number of allylic oxidation sites excluding steroid dienone is 1. The normalized spacial score (nSPS) is 18.7. The maximum absolute atomic E-state index is 12.8. The molecule has 1 saturated heterocycles. The molecule has 0 bridgehead atoms. The van der Waals surface area contributed by atoms with Gasteiger partial charge in [-0.2, -0.15) is 0 Å². The predicted octanol–water partition coefficient (Wildman–Crippen LogP) is 3.14. The number of aromatic nitrogens is 1. The van der Waals surface area contributed by atoms with Gasteiger partial charge in [-0.3, -0.25) is 4.79 Å². The summed E-state index contributed by atoms with van der Waals surface area (Å²) in [4.78, 5) is 19.6. The first-order valence-electron chi connectivity index (χ1n) is 8.95. The second-order valence-corrected chi connectivity index (χ2v) is 6.57. The summed E-state index contributed by atoms with van der Waals surface area (Å²) >= 11 is 0. The molecular weight excluding hydrogens is 328 g/mol. The lowest BCUT2D eigenvalue weighted by molar-refractivity contribution is 0.102. The van der Waals surface area contributed by atoms with Crippen LogP contribution in [0.4, 0.5) is 5.82 Å². The van der Waals surface area contributed by atoms with Gasteiger partial charge in [-0.25, -0.2) is 4.98 Å². The first kappa shape index (κ1) is 16.8. The van der Waals surface area contributed by atoms with E-state index in [1.165, 1.54) is 0 Å². The topological polar surface area (TPSA) is 51.7 Å². The highest BCUT2D eigenvalue weighted by Crippen LogP contribution is 2.29. The van der Waals surface area contributed by atoms with Crippen molar-refractivity contribution in [3.8, 4) is 5.75 Å². The fourth-order valence-electron chi connectivity index (χ4n) is 3.47. The molecule has 2 aliphatic rings. The molecule has 0 unspecified atom stereocenters. The van der Waals surface area contributed by atoms with E-state index in [0.717, 1.165) is 73.0 Å². The number of hydrogen-bond donors (Lipinski definition) is 0. The average Bonchev–Trinajstić information content (AvgIpc) is 2.71. The molecule has 1 aromatic heterocycles. The van der Waals surface area contributed by atoms with Gasteiger partial charge in [-0.15, -0.1) is 0 Å². The van der Waals surface area contributed by atoms with Gasteiger partial charge in [0.15, 0.2) is 5.78 Å². The van der Waals surface area contributed by atoms with Crippen LogP contribution in [-0.4, -0.2) is 44.2 Å². The van der Waals surface area contributed by atoms with Gasteiger partial charge in [0.1, 0.15) is 11.6 Å². The Kier molecular flexibility index (Phi) is 4.71. The summed E-state index contributed by atoms with van der Waals surface area (Å²) in [6, 6.07) is 9.78. The van der Waals surface area contributed by atoms with Crippen LogP contribution in [0.1, 0.15) is 27.9 Å². The van der Waals surface area contributed by atoms with Crippen LogP contribution in [0.25, 0.3) is 6.08 Å². The van der Waals surface area contributed by atoms with Crippen molar-refractivity contribution in [1.82, 2.24) is 4.98 Å². The third kappa shape index (κ3) is 3.35. The third-order valence-corrected chi connectivity index (χ3v) is 4.96. The fourth-order valence-corrected chi connectivity index (χ4v) is 3.47. The van der Waals surface area contributed by atoms with E-state index in [1.807, 2.05) is 42.6 Å². The number of Topliss-reactive ketones (excluding diaryl/α,β-unsaturated/α-hetero) is 1. The van der Waals surface area contributed by atoms with Crippen molar-refractivity contribution in [1.29, 1.82) is 0 Å². The molecule has 2 heterocycles. The third-order valence-electron chi connectivity index (χ3n) is 4.96. The Morgan fingerprint density at radius 1 is 1.15 bits per heavy atom. The zero-order chi connectivity index (χ0) is 17.9. The Hall–Kier alpha value is -2.66. The highest BCUT2D eigenvalue weighted by Gasteiger charge is 2.22. The van der Waals surface area contributed by atoms with Gasteiger partial charge in [0.25, 0.3) is 0 Å². The Balaban J connectivity index is 1.55. The lowest BCUT2D eigenvalue weighted by atomic mass is 9.86. The minimum Gasteiger partial charge on any atom is -0.497 e. The number of fused-ring (bicyclic) bond motifs is 1. The fraction of sp³-hybridized carbons (Fsp3) is 0.333. The standard InChI is InChI=1S/C21H22N2O3/c1-25-18-6-5-16-3-4-17(21(24)19(16)13-18)12-15-2-7-20(22-14-15)23-8-10-26-11-9-23/h2,5-7,12-14H,3-4,8-11H2,1H3. The van der Waals surface area contributed by atoms with Gasteiger partial charge < -0.3 is 14.4 Å². The molecular formula is C21H22N2O3. The van der Waals surface area contributed by atoms with Gasteiger partial charge >= 0.3 is 0 Å². The van der Waals surface area contributed by atoms with Crippen LogP contribution in [0, 0.1) is 0 Å². The number of pyridine rings is 1. The van der Waals surface area contributed by atoms with E-state index in [0.29, 0.717) is 0 Å². The van der Waals surface area contributed by atoms with Crippen molar-refractivity contribution in [2.75, 3.05) is 38.3 Å². The molecule has 0 radical (unpaired) electrons. The number of methoxy groups -OCH3 is 1. The van der Waals surface area contributed by atoms with E-state index in [1.54, 1.807) is 7.11 Å². The number of ketones is 1. The highest BCUT2D eigenvalue weighted by atomic mass is 16.5. The molecule has 2 aromatic rings. The van der Waals surface area contributed by atoms with Gasteiger partial charge in [-0.05, 0) is 54.3 Å². The van der Waals surface area contributed by atoms with E-state index >= 15 is 0 Å². The number of hydrogen-bond acceptors (Lipinski definition) is 5. The van der Waals surface area contributed by atoms with Crippen LogP contribution in [0.15, 0.2) is 42.1 Å². The number of morpholine rings is 1. The largest absolute Gasteiger partial charge is 0.497 e. The molecule has 5 heteroatoms. The van der Waals surface area contributed by atoms with Gasteiger partial charge in [0.05, 0.1) is 20.3 Å². The molecule has 0 N–H and O–H groups in total. The van der Waals surface area contributed by atoms with Crippen LogP contribution in [0.2, 0.25) is 0 Å².